The molecule has 160 valence electrons. The number of thiazole rings is 1. The molecular weight excluding hydrogens is 422 g/mol. The first-order valence-electron chi connectivity index (χ1n) is 9.96. The van der Waals surface area contributed by atoms with Crippen LogP contribution < -0.4 is 4.74 Å². The van der Waals surface area contributed by atoms with Crippen molar-refractivity contribution in [2.75, 3.05) is 7.11 Å². The standard InChI is InChI=1S/C25H21N3O3S/c1-16-8-13-21(17(2)14-16)23-24(18-9-11-20(12-10-18)28(29)30)32-25(27-23)26-15-19-6-4-5-7-22(19)31-3/h4-15H,1-3H3. The summed E-state index contributed by atoms with van der Waals surface area (Å²) in [5.74, 6) is 0.734. The Balaban J connectivity index is 1.81. The van der Waals surface area contributed by atoms with E-state index in [1.165, 1.54) is 29.0 Å². The fourth-order valence-electron chi connectivity index (χ4n) is 3.45. The van der Waals surface area contributed by atoms with Gasteiger partial charge in [0.1, 0.15) is 5.75 Å². The summed E-state index contributed by atoms with van der Waals surface area (Å²) in [5.41, 5.74) is 5.89. The highest BCUT2D eigenvalue weighted by molar-refractivity contribution is 7.19. The number of nitrogens with zero attached hydrogens (tertiary/aromatic N) is 3. The molecular formula is C25H21N3O3S. The van der Waals surface area contributed by atoms with E-state index in [1.54, 1.807) is 25.5 Å². The van der Waals surface area contributed by atoms with Crippen LogP contribution in [-0.2, 0) is 0 Å². The summed E-state index contributed by atoms with van der Waals surface area (Å²) in [7, 11) is 1.63. The Morgan fingerprint density at radius 2 is 1.81 bits per heavy atom. The van der Waals surface area contributed by atoms with Crippen molar-refractivity contribution in [3.8, 4) is 27.4 Å². The van der Waals surface area contributed by atoms with Crippen molar-refractivity contribution in [3.05, 3.63) is 93.5 Å². The number of hydrogen-bond acceptors (Lipinski definition) is 6. The first-order chi connectivity index (χ1) is 15.5. The van der Waals surface area contributed by atoms with Crippen LogP contribution in [-0.4, -0.2) is 23.2 Å². The van der Waals surface area contributed by atoms with Crippen LogP contribution in [0.15, 0.2) is 71.7 Å². The Morgan fingerprint density at radius 1 is 1.06 bits per heavy atom. The predicted octanol–water partition coefficient (Wildman–Crippen LogP) is 6.76. The number of aromatic nitrogens is 1. The van der Waals surface area contributed by atoms with Gasteiger partial charge in [-0.2, -0.15) is 0 Å². The van der Waals surface area contributed by atoms with Crippen LogP contribution in [0.1, 0.15) is 16.7 Å². The molecule has 0 fully saturated rings. The van der Waals surface area contributed by atoms with Gasteiger partial charge >= 0.3 is 0 Å². The maximum Gasteiger partial charge on any atom is 0.269 e. The van der Waals surface area contributed by atoms with E-state index in [9.17, 15) is 10.1 Å². The van der Waals surface area contributed by atoms with E-state index in [-0.39, 0.29) is 5.69 Å². The van der Waals surface area contributed by atoms with E-state index in [0.29, 0.717) is 5.13 Å². The average Bonchev–Trinajstić information content (AvgIpc) is 3.22. The third kappa shape index (κ3) is 4.43. The summed E-state index contributed by atoms with van der Waals surface area (Å²) in [5, 5.41) is 11.7. The van der Waals surface area contributed by atoms with E-state index in [1.807, 2.05) is 24.3 Å². The Hall–Kier alpha value is -3.84. The number of para-hydroxylation sites is 1. The van der Waals surface area contributed by atoms with Crippen LogP contribution in [0, 0.1) is 24.0 Å². The molecule has 0 aliphatic carbocycles. The number of aliphatic imine (C=N–C) groups is 1. The molecule has 4 rings (SSSR count). The summed E-state index contributed by atoms with van der Waals surface area (Å²) in [6, 6.07) is 20.4. The zero-order valence-electron chi connectivity index (χ0n) is 17.9. The maximum atomic E-state index is 11.1. The molecule has 0 unspecified atom stereocenters. The first-order valence-corrected chi connectivity index (χ1v) is 10.8. The summed E-state index contributed by atoms with van der Waals surface area (Å²) in [4.78, 5) is 21.0. The molecule has 0 aliphatic heterocycles. The van der Waals surface area contributed by atoms with Gasteiger partial charge in [0.05, 0.1) is 22.6 Å². The number of hydrogen-bond donors (Lipinski definition) is 0. The SMILES string of the molecule is COc1ccccc1C=Nc1nc(-c2ccc(C)cc2C)c(-c2ccc([N+](=O)[O-])cc2)s1. The van der Waals surface area contributed by atoms with Gasteiger partial charge in [-0.3, -0.25) is 10.1 Å². The number of non-ortho nitro benzene ring substituents is 1. The molecule has 0 aliphatic rings. The smallest absolute Gasteiger partial charge is 0.269 e. The van der Waals surface area contributed by atoms with E-state index in [2.05, 4.69) is 37.0 Å². The van der Waals surface area contributed by atoms with Crippen LogP contribution >= 0.6 is 11.3 Å². The fourth-order valence-corrected chi connectivity index (χ4v) is 4.39. The van der Waals surface area contributed by atoms with Crippen LogP contribution in [0.3, 0.4) is 0 Å². The number of nitro benzene ring substituents is 1. The highest BCUT2D eigenvalue weighted by atomic mass is 32.1. The van der Waals surface area contributed by atoms with Gasteiger partial charge in [-0.15, -0.1) is 0 Å². The van der Waals surface area contributed by atoms with Crippen molar-refractivity contribution in [3.63, 3.8) is 0 Å². The molecule has 0 saturated heterocycles. The monoisotopic (exact) mass is 443 g/mol. The lowest BCUT2D eigenvalue weighted by Gasteiger charge is -2.07. The van der Waals surface area contributed by atoms with Gasteiger partial charge in [-0.1, -0.05) is 47.2 Å². The normalized spacial score (nSPS) is 11.1. The summed E-state index contributed by atoms with van der Waals surface area (Å²) < 4.78 is 5.40. The molecule has 7 heteroatoms. The van der Waals surface area contributed by atoms with Crippen molar-refractivity contribution < 1.29 is 9.66 Å². The Morgan fingerprint density at radius 3 is 2.50 bits per heavy atom. The summed E-state index contributed by atoms with van der Waals surface area (Å²) >= 11 is 1.45. The number of aryl methyl sites for hydroxylation is 2. The third-order valence-electron chi connectivity index (χ3n) is 5.05. The third-order valence-corrected chi connectivity index (χ3v) is 6.06. The lowest BCUT2D eigenvalue weighted by atomic mass is 10.0. The molecule has 0 bridgehead atoms. The van der Waals surface area contributed by atoms with Crippen molar-refractivity contribution >= 4 is 28.4 Å². The molecule has 0 atom stereocenters. The Kier molecular flexibility index (Phi) is 6.09. The summed E-state index contributed by atoms with van der Waals surface area (Å²) in [6.45, 7) is 4.11. The zero-order valence-corrected chi connectivity index (χ0v) is 18.7. The summed E-state index contributed by atoms with van der Waals surface area (Å²) in [6.07, 6.45) is 1.74. The molecule has 0 saturated carbocycles. The largest absolute Gasteiger partial charge is 0.496 e. The number of nitro groups is 1. The Bertz CT molecular complexity index is 1310. The number of methoxy groups -OCH3 is 1. The molecule has 1 heterocycles. The second-order valence-corrected chi connectivity index (χ2v) is 8.27. The van der Waals surface area contributed by atoms with Gasteiger partial charge in [0, 0.05) is 29.5 Å². The minimum atomic E-state index is -0.398. The first kappa shape index (κ1) is 21.4. The van der Waals surface area contributed by atoms with Crippen LogP contribution in [0.25, 0.3) is 21.7 Å². The maximum absolute atomic E-state index is 11.1. The van der Waals surface area contributed by atoms with Gasteiger partial charge in [0.15, 0.2) is 0 Å². The van der Waals surface area contributed by atoms with Crippen LogP contribution in [0.4, 0.5) is 10.8 Å². The molecule has 3 aromatic carbocycles. The number of rotatable bonds is 6. The van der Waals surface area contributed by atoms with Crippen molar-refractivity contribution in [1.82, 2.24) is 4.98 Å². The van der Waals surface area contributed by atoms with Gasteiger partial charge < -0.3 is 4.74 Å². The lowest BCUT2D eigenvalue weighted by molar-refractivity contribution is -0.384. The number of benzene rings is 3. The second kappa shape index (κ2) is 9.11. The van der Waals surface area contributed by atoms with Gasteiger partial charge in [0.25, 0.3) is 5.69 Å². The molecule has 0 radical (unpaired) electrons. The highest BCUT2D eigenvalue weighted by Gasteiger charge is 2.17. The van der Waals surface area contributed by atoms with Crippen LogP contribution in [0.2, 0.25) is 0 Å². The topological polar surface area (TPSA) is 77.6 Å². The lowest BCUT2D eigenvalue weighted by Crippen LogP contribution is -1.89. The molecule has 1 aromatic heterocycles. The fraction of sp³-hybridized carbons (Fsp3) is 0.120. The van der Waals surface area contributed by atoms with E-state index in [0.717, 1.165) is 38.6 Å². The van der Waals surface area contributed by atoms with E-state index < -0.39 is 4.92 Å². The molecule has 0 spiro atoms. The molecule has 0 N–H and O–H groups in total. The molecule has 0 amide bonds. The van der Waals surface area contributed by atoms with Crippen molar-refractivity contribution in [1.29, 1.82) is 0 Å². The number of ether oxygens (including phenoxy) is 1. The molecule has 32 heavy (non-hydrogen) atoms. The molecule has 6 nitrogen and oxygen atoms in total. The quantitative estimate of drug-likeness (QED) is 0.187. The van der Waals surface area contributed by atoms with E-state index >= 15 is 0 Å². The highest BCUT2D eigenvalue weighted by Crippen LogP contribution is 2.41. The Labute approximate surface area is 190 Å². The van der Waals surface area contributed by atoms with Crippen molar-refractivity contribution in [2.24, 2.45) is 4.99 Å². The molecule has 4 aromatic rings. The van der Waals surface area contributed by atoms with Gasteiger partial charge in [-0.05, 0) is 49.2 Å². The van der Waals surface area contributed by atoms with Crippen molar-refractivity contribution in [2.45, 2.75) is 13.8 Å². The minimum Gasteiger partial charge on any atom is -0.496 e. The zero-order chi connectivity index (χ0) is 22.7. The van der Waals surface area contributed by atoms with E-state index in [4.69, 9.17) is 9.72 Å². The second-order valence-electron chi connectivity index (χ2n) is 7.30. The minimum absolute atomic E-state index is 0.0562. The average molecular weight is 444 g/mol. The van der Waals surface area contributed by atoms with Gasteiger partial charge in [-0.25, -0.2) is 9.98 Å². The van der Waals surface area contributed by atoms with Gasteiger partial charge in [0.2, 0.25) is 5.13 Å². The predicted molar refractivity (Wildman–Crippen MR) is 129 cm³/mol. The van der Waals surface area contributed by atoms with Crippen LogP contribution in [0.5, 0.6) is 5.75 Å².